The highest BCUT2D eigenvalue weighted by Gasteiger charge is 2.46. The van der Waals surface area contributed by atoms with Crippen LogP contribution in [0.1, 0.15) is 32.6 Å². The molecule has 1 aromatic carbocycles. The molecular formula is C19H26N2O4. The van der Waals surface area contributed by atoms with E-state index in [1.54, 1.807) is 12.1 Å². The molecule has 6 heteroatoms. The minimum atomic E-state index is -1.25. The minimum absolute atomic E-state index is 0.0441. The van der Waals surface area contributed by atoms with Crippen molar-refractivity contribution in [2.24, 2.45) is 0 Å². The zero-order valence-corrected chi connectivity index (χ0v) is 14.7. The zero-order chi connectivity index (χ0) is 17.9. The number of rotatable bonds is 5. The molecule has 1 atom stereocenters. The first-order valence-electron chi connectivity index (χ1n) is 9.06. The number of aliphatic carboxylic acids is 1. The van der Waals surface area contributed by atoms with Gasteiger partial charge in [-0.05, 0) is 38.1 Å². The Labute approximate surface area is 148 Å². The highest BCUT2D eigenvalue weighted by atomic mass is 16.5. The summed E-state index contributed by atoms with van der Waals surface area (Å²) in [5, 5.41) is 9.73. The van der Waals surface area contributed by atoms with E-state index in [4.69, 9.17) is 4.74 Å². The fourth-order valence-corrected chi connectivity index (χ4v) is 3.86. The summed E-state index contributed by atoms with van der Waals surface area (Å²) >= 11 is 0. The Morgan fingerprint density at radius 3 is 2.48 bits per heavy atom. The van der Waals surface area contributed by atoms with Gasteiger partial charge < -0.3 is 14.7 Å². The molecule has 0 bridgehead atoms. The number of carbonyl (C=O) groups is 2. The standard InChI is InChI=1S/C19H26N2O4/c1-2-20-12-6-9-16(20)17(22)21-13-10-19(11-14-21,18(23)24)25-15-7-4-3-5-8-15/h3-5,7-8,16H,2,6,9-14H2,1H3,(H,23,24)/t16-/m1/s1. The molecule has 6 nitrogen and oxygen atoms in total. The molecule has 2 heterocycles. The zero-order valence-electron chi connectivity index (χ0n) is 14.7. The predicted molar refractivity (Wildman–Crippen MR) is 93.5 cm³/mol. The Hall–Kier alpha value is -2.08. The normalized spacial score (nSPS) is 23.4. The topological polar surface area (TPSA) is 70.1 Å². The van der Waals surface area contributed by atoms with Crippen molar-refractivity contribution in [3.63, 3.8) is 0 Å². The summed E-state index contributed by atoms with van der Waals surface area (Å²) in [4.78, 5) is 28.7. The summed E-state index contributed by atoms with van der Waals surface area (Å²) in [5.41, 5.74) is -1.25. The van der Waals surface area contributed by atoms with E-state index in [2.05, 4.69) is 11.8 Å². The number of carboxylic acids is 1. The lowest BCUT2D eigenvalue weighted by molar-refractivity contribution is -0.162. The number of benzene rings is 1. The van der Waals surface area contributed by atoms with E-state index < -0.39 is 11.6 Å². The Bertz CT molecular complexity index is 611. The Morgan fingerprint density at radius 1 is 1.20 bits per heavy atom. The average Bonchev–Trinajstić information content (AvgIpc) is 3.11. The van der Waals surface area contributed by atoms with Crippen molar-refractivity contribution in [1.29, 1.82) is 0 Å². The third kappa shape index (κ3) is 3.63. The van der Waals surface area contributed by atoms with Crippen LogP contribution in [0.5, 0.6) is 5.75 Å². The second kappa shape index (κ2) is 7.44. The number of para-hydroxylation sites is 1. The molecular weight excluding hydrogens is 320 g/mol. The molecule has 136 valence electrons. The lowest BCUT2D eigenvalue weighted by Crippen LogP contribution is -2.56. The van der Waals surface area contributed by atoms with Gasteiger partial charge in [-0.15, -0.1) is 0 Å². The van der Waals surface area contributed by atoms with Crippen molar-refractivity contribution in [3.05, 3.63) is 30.3 Å². The second-order valence-corrected chi connectivity index (χ2v) is 6.83. The van der Waals surface area contributed by atoms with E-state index in [9.17, 15) is 14.7 Å². The first-order chi connectivity index (χ1) is 12.1. The number of piperidine rings is 1. The maximum absolute atomic E-state index is 12.8. The van der Waals surface area contributed by atoms with E-state index in [1.165, 1.54) is 0 Å². The lowest BCUT2D eigenvalue weighted by atomic mass is 9.90. The first-order valence-corrected chi connectivity index (χ1v) is 9.06. The average molecular weight is 346 g/mol. The Kier molecular flexibility index (Phi) is 5.27. The summed E-state index contributed by atoms with van der Waals surface area (Å²) in [6, 6.07) is 8.99. The predicted octanol–water partition coefficient (Wildman–Crippen LogP) is 2.00. The van der Waals surface area contributed by atoms with Crippen LogP contribution in [0.15, 0.2) is 30.3 Å². The van der Waals surface area contributed by atoms with Gasteiger partial charge in [0.15, 0.2) is 0 Å². The van der Waals surface area contributed by atoms with Crippen molar-refractivity contribution >= 4 is 11.9 Å². The number of ether oxygens (including phenoxy) is 1. The molecule has 1 aromatic rings. The number of carboxylic acid groups (broad SMARTS) is 1. The van der Waals surface area contributed by atoms with E-state index in [1.807, 2.05) is 23.1 Å². The van der Waals surface area contributed by atoms with Gasteiger partial charge in [0, 0.05) is 25.9 Å². The number of hydrogen-bond donors (Lipinski definition) is 1. The smallest absolute Gasteiger partial charge is 0.348 e. The molecule has 1 amide bonds. The van der Waals surface area contributed by atoms with E-state index in [0.29, 0.717) is 31.7 Å². The second-order valence-electron chi connectivity index (χ2n) is 6.83. The van der Waals surface area contributed by atoms with E-state index >= 15 is 0 Å². The van der Waals surface area contributed by atoms with Crippen LogP contribution in [-0.2, 0) is 9.59 Å². The summed E-state index contributed by atoms with van der Waals surface area (Å²) in [7, 11) is 0. The SMILES string of the molecule is CCN1CCC[C@@H]1C(=O)N1CCC(Oc2ccccc2)(C(=O)O)CC1. The van der Waals surface area contributed by atoms with Crippen molar-refractivity contribution in [2.45, 2.75) is 44.2 Å². The minimum Gasteiger partial charge on any atom is -0.478 e. The van der Waals surface area contributed by atoms with Gasteiger partial charge in [-0.3, -0.25) is 9.69 Å². The Morgan fingerprint density at radius 2 is 1.88 bits per heavy atom. The molecule has 0 radical (unpaired) electrons. The van der Waals surface area contributed by atoms with Gasteiger partial charge in [0.05, 0.1) is 6.04 Å². The van der Waals surface area contributed by atoms with Gasteiger partial charge in [0.25, 0.3) is 0 Å². The summed E-state index contributed by atoms with van der Waals surface area (Å²) < 4.78 is 5.85. The van der Waals surface area contributed by atoms with Crippen LogP contribution in [0.4, 0.5) is 0 Å². The number of likely N-dealkylation sites (tertiary alicyclic amines) is 2. The third-order valence-electron chi connectivity index (χ3n) is 5.38. The number of likely N-dealkylation sites (N-methyl/N-ethyl adjacent to an activating group) is 1. The summed E-state index contributed by atoms with van der Waals surface area (Å²) in [5.74, 6) is -0.268. The summed E-state index contributed by atoms with van der Waals surface area (Å²) in [6.45, 7) is 4.76. The number of nitrogens with zero attached hydrogens (tertiary/aromatic N) is 2. The van der Waals surface area contributed by atoms with Crippen LogP contribution in [0.3, 0.4) is 0 Å². The van der Waals surface area contributed by atoms with Crippen molar-refractivity contribution in [3.8, 4) is 5.75 Å². The number of carbonyl (C=O) groups excluding carboxylic acids is 1. The molecule has 25 heavy (non-hydrogen) atoms. The van der Waals surface area contributed by atoms with Crippen LogP contribution in [0.2, 0.25) is 0 Å². The molecule has 3 rings (SSSR count). The molecule has 0 spiro atoms. The van der Waals surface area contributed by atoms with Gasteiger partial charge >= 0.3 is 5.97 Å². The third-order valence-corrected chi connectivity index (χ3v) is 5.38. The molecule has 0 aliphatic carbocycles. The highest BCUT2D eigenvalue weighted by Crippen LogP contribution is 2.30. The van der Waals surface area contributed by atoms with Gasteiger partial charge in [-0.1, -0.05) is 25.1 Å². The van der Waals surface area contributed by atoms with Crippen molar-refractivity contribution < 1.29 is 19.4 Å². The molecule has 0 unspecified atom stereocenters. The first kappa shape index (κ1) is 17.7. The van der Waals surface area contributed by atoms with Crippen LogP contribution in [0, 0.1) is 0 Å². The Balaban J connectivity index is 1.66. The van der Waals surface area contributed by atoms with Gasteiger partial charge in [-0.25, -0.2) is 4.79 Å². The van der Waals surface area contributed by atoms with Crippen LogP contribution in [0.25, 0.3) is 0 Å². The molecule has 0 saturated carbocycles. The number of hydrogen-bond acceptors (Lipinski definition) is 4. The van der Waals surface area contributed by atoms with Crippen molar-refractivity contribution in [2.75, 3.05) is 26.2 Å². The largest absolute Gasteiger partial charge is 0.478 e. The molecule has 0 aromatic heterocycles. The lowest BCUT2D eigenvalue weighted by Gasteiger charge is -2.40. The molecule has 2 saturated heterocycles. The molecule has 2 fully saturated rings. The van der Waals surface area contributed by atoms with Gasteiger partial charge in [0.2, 0.25) is 11.5 Å². The van der Waals surface area contributed by atoms with Crippen LogP contribution < -0.4 is 4.74 Å². The number of amides is 1. The maximum Gasteiger partial charge on any atom is 0.348 e. The van der Waals surface area contributed by atoms with Crippen molar-refractivity contribution in [1.82, 2.24) is 9.80 Å². The summed E-state index contributed by atoms with van der Waals surface area (Å²) in [6.07, 6.45) is 2.56. The van der Waals surface area contributed by atoms with Gasteiger partial charge in [0.1, 0.15) is 5.75 Å². The van der Waals surface area contributed by atoms with Gasteiger partial charge in [-0.2, -0.15) is 0 Å². The fraction of sp³-hybridized carbons (Fsp3) is 0.579. The molecule has 2 aliphatic rings. The van der Waals surface area contributed by atoms with Crippen LogP contribution in [-0.4, -0.2) is 64.6 Å². The molecule has 2 aliphatic heterocycles. The molecule has 1 N–H and O–H groups in total. The maximum atomic E-state index is 12.8. The van der Waals surface area contributed by atoms with Crippen LogP contribution >= 0.6 is 0 Å². The highest BCUT2D eigenvalue weighted by molar-refractivity contribution is 5.83. The fourth-order valence-electron chi connectivity index (χ4n) is 3.86. The quantitative estimate of drug-likeness (QED) is 0.883. The van der Waals surface area contributed by atoms with E-state index in [-0.39, 0.29) is 11.9 Å². The van der Waals surface area contributed by atoms with E-state index in [0.717, 1.165) is 25.9 Å². The monoisotopic (exact) mass is 346 g/mol.